The Morgan fingerprint density at radius 1 is 1.29 bits per heavy atom. The first-order valence-electron chi connectivity index (χ1n) is 9.49. The highest BCUT2D eigenvalue weighted by molar-refractivity contribution is 7.93. The number of methoxy groups -OCH3 is 1. The van der Waals surface area contributed by atoms with Crippen LogP contribution in [0.4, 0.5) is 11.4 Å². The molecule has 1 aromatic heterocycles. The predicted octanol–water partition coefficient (Wildman–Crippen LogP) is 3.88. The molecule has 0 saturated carbocycles. The first kappa shape index (κ1) is 20.5. The van der Waals surface area contributed by atoms with Crippen LogP contribution in [0.1, 0.15) is 39.0 Å². The van der Waals surface area contributed by atoms with E-state index in [4.69, 9.17) is 10.5 Å². The zero-order chi connectivity index (χ0) is 20.7. The van der Waals surface area contributed by atoms with Crippen molar-refractivity contribution in [2.75, 3.05) is 17.6 Å². The van der Waals surface area contributed by atoms with E-state index in [-0.39, 0.29) is 5.60 Å². The van der Waals surface area contributed by atoms with Crippen molar-refractivity contribution in [3.63, 3.8) is 0 Å². The van der Waals surface area contributed by atoms with Crippen LogP contribution in [0.5, 0.6) is 0 Å². The number of anilines is 2. The Hall–Kier alpha value is -2.25. The molecule has 0 amide bonds. The monoisotopic (exact) mass is 403 g/mol. The van der Waals surface area contributed by atoms with Gasteiger partial charge in [-0.2, -0.15) is 0 Å². The van der Waals surface area contributed by atoms with Crippen molar-refractivity contribution < 1.29 is 13.2 Å². The molecule has 1 heterocycles. The largest absolute Gasteiger partial charge is 0.397 e. The molecule has 0 saturated heterocycles. The second-order valence-corrected chi connectivity index (χ2v) is 9.91. The van der Waals surface area contributed by atoms with Crippen LogP contribution in [0.3, 0.4) is 0 Å². The van der Waals surface area contributed by atoms with Gasteiger partial charge in [0, 0.05) is 42.6 Å². The fraction of sp³-hybridized carbons (Fsp3) is 0.429. The lowest BCUT2D eigenvalue weighted by Crippen LogP contribution is -2.30. The van der Waals surface area contributed by atoms with E-state index < -0.39 is 15.3 Å². The van der Waals surface area contributed by atoms with E-state index >= 15 is 0 Å². The van der Waals surface area contributed by atoms with Crippen LogP contribution in [-0.4, -0.2) is 30.9 Å². The molecule has 1 aliphatic carbocycles. The van der Waals surface area contributed by atoms with E-state index in [1.165, 1.54) is 0 Å². The lowest BCUT2D eigenvalue weighted by atomic mass is 9.90. The highest BCUT2D eigenvalue weighted by Gasteiger charge is 2.31. The van der Waals surface area contributed by atoms with Crippen molar-refractivity contribution in [3.8, 4) is 11.3 Å². The number of nitrogens with zero attached hydrogens (tertiary/aromatic N) is 1. The molecular formula is C21H29N3O3S. The van der Waals surface area contributed by atoms with Crippen LogP contribution < -0.4 is 10.5 Å². The number of nitrogen functional groups attached to an aromatic ring is 1. The Morgan fingerprint density at radius 2 is 1.93 bits per heavy atom. The SMILES string of the molecule is CCn1c2c(c(N)c1-c1ccc(NS(=O)(=O)C(C)C)cc1)CC(C)(OC)C=C2. The smallest absolute Gasteiger partial charge is 0.235 e. The molecule has 1 atom stereocenters. The van der Waals surface area contributed by atoms with Crippen molar-refractivity contribution in [1.82, 2.24) is 4.57 Å². The third-order valence-corrected chi connectivity index (χ3v) is 7.15. The Balaban J connectivity index is 2.00. The van der Waals surface area contributed by atoms with Crippen LogP contribution in [0.15, 0.2) is 30.3 Å². The maximum Gasteiger partial charge on any atom is 0.235 e. The molecule has 0 bridgehead atoms. The zero-order valence-corrected chi connectivity index (χ0v) is 17.9. The van der Waals surface area contributed by atoms with Gasteiger partial charge in [-0.15, -0.1) is 0 Å². The summed E-state index contributed by atoms with van der Waals surface area (Å²) in [4.78, 5) is 0. The predicted molar refractivity (Wildman–Crippen MR) is 116 cm³/mol. The fourth-order valence-electron chi connectivity index (χ4n) is 3.51. The van der Waals surface area contributed by atoms with E-state index in [1.807, 2.05) is 19.1 Å². The summed E-state index contributed by atoms with van der Waals surface area (Å²) in [5.74, 6) is 0. The minimum atomic E-state index is -3.37. The highest BCUT2D eigenvalue weighted by atomic mass is 32.2. The molecule has 3 N–H and O–H groups in total. The molecule has 2 aromatic rings. The standard InChI is InChI=1S/C21H29N3O3S/c1-6-24-18-11-12-21(4,27-5)13-17(18)19(22)20(24)15-7-9-16(10-8-15)23-28(25,26)14(2)3/h7-12,14,23H,6,13,22H2,1-5H3. The first-order chi connectivity index (χ1) is 13.1. The second kappa shape index (κ2) is 7.29. The lowest BCUT2D eigenvalue weighted by Gasteiger charge is -2.28. The number of sulfonamides is 1. The van der Waals surface area contributed by atoms with Gasteiger partial charge in [-0.25, -0.2) is 8.42 Å². The zero-order valence-electron chi connectivity index (χ0n) is 17.1. The van der Waals surface area contributed by atoms with Gasteiger partial charge in [0.25, 0.3) is 0 Å². The number of ether oxygens (including phenoxy) is 1. The number of nitrogens with one attached hydrogen (secondary N) is 1. The third kappa shape index (κ3) is 3.56. The highest BCUT2D eigenvalue weighted by Crippen LogP contribution is 2.40. The van der Waals surface area contributed by atoms with Gasteiger partial charge < -0.3 is 15.0 Å². The molecule has 7 heteroatoms. The molecular weight excluding hydrogens is 374 g/mol. The topological polar surface area (TPSA) is 86.4 Å². The minimum absolute atomic E-state index is 0.364. The maximum absolute atomic E-state index is 12.1. The van der Waals surface area contributed by atoms with Crippen molar-refractivity contribution in [3.05, 3.63) is 41.6 Å². The van der Waals surface area contributed by atoms with Gasteiger partial charge in [-0.1, -0.05) is 18.2 Å². The number of hydrogen-bond acceptors (Lipinski definition) is 4. The van der Waals surface area contributed by atoms with Crippen LogP contribution in [0.2, 0.25) is 0 Å². The normalized spacial score (nSPS) is 19.1. The van der Waals surface area contributed by atoms with E-state index in [0.29, 0.717) is 12.1 Å². The third-order valence-electron chi connectivity index (χ3n) is 5.39. The number of aromatic nitrogens is 1. The molecule has 3 rings (SSSR count). The van der Waals surface area contributed by atoms with Crippen LogP contribution in [-0.2, 0) is 27.7 Å². The Kier molecular flexibility index (Phi) is 5.34. The quantitative estimate of drug-likeness (QED) is 0.766. The fourth-order valence-corrected chi connectivity index (χ4v) is 4.21. The molecule has 1 aromatic carbocycles. The van der Waals surface area contributed by atoms with Crippen LogP contribution in [0.25, 0.3) is 17.3 Å². The summed E-state index contributed by atoms with van der Waals surface area (Å²) in [5.41, 5.74) is 11.6. The maximum atomic E-state index is 12.1. The number of benzene rings is 1. The number of nitrogens with two attached hydrogens (primary N) is 1. The number of rotatable bonds is 6. The minimum Gasteiger partial charge on any atom is -0.397 e. The summed E-state index contributed by atoms with van der Waals surface area (Å²) >= 11 is 0. The van der Waals surface area contributed by atoms with Gasteiger partial charge in [0.15, 0.2) is 0 Å². The molecule has 152 valence electrons. The molecule has 6 nitrogen and oxygen atoms in total. The molecule has 0 spiro atoms. The molecule has 28 heavy (non-hydrogen) atoms. The van der Waals surface area contributed by atoms with Crippen molar-refractivity contribution in [2.45, 2.75) is 51.5 Å². The summed E-state index contributed by atoms with van der Waals surface area (Å²) in [6, 6.07) is 7.35. The van der Waals surface area contributed by atoms with Gasteiger partial charge in [0.05, 0.1) is 22.2 Å². The lowest BCUT2D eigenvalue weighted by molar-refractivity contribution is 0.0488. The Labute approximate surface area is 167 Å². The average Bonchev–Trinajstić information content (AvgIpc) is 2.93. The number of hydrogen-bond donors (Lipinski definition) is 2. The summed E-state index contributed by atoms with van der Waals surface area (Å²) in [5, 5.41) is -0.492. The van der Waals surface area contributed by atoms with E-state index in [1.54, 1.807) is 33.1 Å². The summed E-state index contributed by atoms with van der Waals surface area (Å²) in [6.45, 7) is 8.22. The van der Waals surface area contributed by atoms with Crippen LogP contribution >= 0.6 is 0 Å². The van der Waals surface area contributed by atoms with E-state index in [0.717, 1.165) is 34.7 Å². The van der Waals surface area contributed by atoms with Crippen molar-refractivity contribution in [2.24, 2.45) is 0 Å². The number of fused-ring (bicyclic) bond motifs is 1. The van der Waals surface area contributed by atoms with Gasteiger partial charge in [-0.05, 0) is 45.9 Å². The summed E-state index contributed by atoms with van der Waals surface area (Å²) in [7, 11) is -1.66. The molecule has 0 radical (unpaired) electrons. The molecule has 0 aliphatic heterocycles. The molecule has 1 unspecified atom stereocenters. The summed E-state index contributed by atoms with van der Waals surface area (Å²) in [6.07, 6.45) is 4.87. The Bertz CT molecular complexity index is 1000. The van der Waals surface area contributed by atoms with E-state index in [2.05, 4.69) is 28.4 Å². The molecule has 0 fully saturated rings. The molecule has 1 aliphatic rings. The van der Waals surface area contributed by atoms with Crippen molar-refractivity contribution in [1.29, 1.82) is 0 Å². The van der Waals surface area contributed by atoms with Crippen LogP contribution in [0, 0.1) is 0 Å². The van der Waals surface area contributed by atoms with Gasteiger partial charge in [0.1, 0.15) is 0 Å². The average molecular weight is 404 g/mol. The van der Waals surface area contributed by atoms with Gasteiger partial charge >= 0.3 is 0 Å². The summed E-state index contributed by atoms with van der Waals surface area (Å²) < 4.78 is 34.6. The first-order valence-corrected chi connectivity index (χ1v) is 11.0. The van der Waals surface area contributed by atoms with Crippen molar-refractivity contribution >= 4 is 27.5 Å². The second-order valence-electron chi connectivity index (χ2n) is 7.67. The van der Waals surface area contributed by atoms with Gasteiger partial charge in [0.2, 0.25) is 10.0 Å². The Morgan fingerprint density at radius 3 is 2.46 bits per heavy atom. The van der Waals surface area contributed by atoms with E-state index in [9.17, 15) is 8.42 Å². The van der Waals surface area contributed by atoms with Gasteiger partial charge in [-0.3, -0.25) is 4.72 Å².